The Kier molecular flexibility index (Phi) is 4.12. The predicted octanol–water partition coefficient (Wildman–Crippen LogP) is 2.58. The van der Waals surface area contributed by atoms with E-state index in [2.05, 4.69) is 24.3 Å². The molecule has 1 aromatic carbocycles. The van der Waals surface area contributed by atoms with Crippen molar-refractivity contribution in [1.82, 2.24) is 0 Å². The lowest BCUT2D eigenvalue weighted by Crippen LogP contribution is -2.41. The third-order valence-corrected chi connectivity index (χ3v) is 5.21. The molecule has 0 aliphatic carbocycles. The normalized spacial score (nSPS) is 30.9. The molecule has 4 heteroatoms. The lowest BCUT2D eigenvalue weighted by molar-refractivity contribution is -0.0769. The highest BCUT2D eigenvalue weighted by molar-refractivity contribution is 8.00. The summed E-state index contributed by atoms with van der Waals surface area (Å²) in [6.45, 7) is 3.09. The Morgan fingerprint density at radius 3 is 3.11 bits per heavy atom. The van der Waals surface area contributed by atoms with Gasteiger partial charge in [0.25, 0.3) is 0 Å². The first-order valence-electron chi connectivity index (χ1n) is 6.97. The maximum absolute atomic E-state index is 5.98. The van der Waals surface area contributed by atoms with Crippen LogP contribution in [-0.4, -0.2) is 30.7 Å². The van der Waals surface area contributed by atoms with E-state index in [-0.39, 0.29) is 5.60 Å². The van der Waals surface area contributed by atoms with Gasteiger partial charge in [0.05, 0.1) is 12.2 Å². The third kappa shape index (κ3) is 3.14. The SMILES string of the molecule is NCc1cccc(SC2CCOC3(CCOC3)C2)c1. The highest BCUT2D eigenvalue weighted by Gasteiger charge is 2.41. The van der Waals surface area contributed by atoms with E-state index in [0.717, 1.165) is 39.1 Å². The van der Waals surface area contributed by atoms with Gasteiger partial charge in [-0.15, -0.1) is 11.8 Å². The van der Waals surface area contributed by atoms with Gasteiger partial charge in [0.15, 0.2) is 0 Å². The van der Waals surface area contributed by atoms with E-state index >= 15 is 0 Å². The lowest BCUT2D eigenvalue weighted by Gasteiger charge is -2.36. The molecule has 3 nitrogen and oxygen atoms in total. The monoisotopic (exact) mass is 279 g/mol. The molecular formula is C15H21NO2S. The maximum Gasteiger partial charge on any atom is 0.0947 e. The molecule has 2 N–H and O–H groups in total. The van der Waals surface area contributed by atoms with E-state index in [0.29, 0.717) is 11.8 Å². The van der Waals surface area contributed by atoms with Crippen molar-refractivity contribution in [2.75, 3.05) is 19.8 Å². The Labute approximate surface area is 118 Å². The highest BCUT2D eigenvalue weighted by Crippen LogP contribution is 2.39. The van der Waals surface area contributed by atoms with Gasteiger partial charge in [0.1, 0.15) is 0 Å². The molecule has 104 valence electrons. The molecule has 0 aromatic heterocycles. The Morgan fingerprint density at radius 1 is 1.37 bits per heavy atom. The first kappa shape index (κ1) is 13.4. The van der Waals surface area contributed by atoms with Crippen molar-refractivity contribution in [1.29, 1.82) is 0 Å². The summed E-state index contributed by atoms with van der Waals surface area (Å²) >= 11 is 1.96. The van der Waals surface area contributed by atoms with Gasteiger partial charge in [-0.05, 0) is 30.5 Å². The molecule has 2 aliphatic rings. The molecule has 2 atom stereocenters. The molecule has 2 heterocycles. The fraction of sp³-hybridized carbons (Fsp3) is 0.600. The van der Waals surface area contributed by atoms with E-state index in [1.807, 2.05) is 11.8 Å². The Hall–Kier alpha value is -0.550. The van der Waals surface area contributed by atoms with E-state index in [1.54, 1.807) is 0 Å². The summed E-state index contributed by atoms with van der Waals surface area (Å²) in [4.78, 5) is 1.32. The molecule has 0 saturated carbocycles. The molecule has 0 amide bonds. The average Bonchev–Trinajstić information content (AvgIpc) is 2.87. The molecule has 2 unspecified atom stereocenters. The lowest BCUT2D eigenvalue weighted by atomic mass is 9.93. The predicted molar refractivity (Wildman–Crippen MR) is 77.3 cm³/mol. The summed E-state index contributed by atoms with van der Waals surface area (Å²) < 4.78 is 11.5. The molecule has 3 rings (SSSR count). The molecule has 0 radical (unpaired) electrons. The number of benzene rings is 1. The molecule has 19 heavy (non-hydrogen) atoms. The third-order valence-electron chi connectivity index (χ3n) is 3.95. The molecule has 2 aliphatic heterocycles. The van der Waals surface area contributed by atoms with Crippen LogP contribution in [0.1, 0.15) is 24.8 Å². The average molecular weight is 279 g/mol. The standard InChI is InChI=1S/C15H21NO2S/c16-10-12-2-1-3-13(8-12)19-14-4-6-18-15(9-14)5-7-17-11-15/h1-3,8,14H,4-7,9-11,16H2. The van der Waals surface area contributed by atoms with Gasteiger partial charge in [-0.1, -0.05) is 12.1 Å². The smallest absolute Gasteiger partial charge is 0.0947 e. The summed E-state index contributed by atoms with van der Waals surface area (Å²) in [6, 6.07) is 8.56. The van der Waals surface area contributed by atoms with Crippen LogP contribution in [0.25, 0.3) is 0 Å². The van der Waals surface area contributed by atoms with E-state index in [4.69, 9.17) is 15.2 Å². The van der Waals surface area contributed by atoms with Crippen LogP contribution >= 0.6 is 11.8 Å². The number of thioether (sulfide) groups is 1. The summed E-state index contributed by atoms with van der Waals surface area (Å²) in [5.74, 6) is 0. The van der Waals surface area contributed by atoms with E-state index < -0.39 is 0 Å². The topological polar surface area (TPSA) is 44.5 Å². The summed E-state index contributed by atoms with van der Waals surface area (Å²) in [7, 11) is 0. The number of rotatable bonds is 3. The van der Waals surface area contributed by atoms with Gasteiger partial charge in [0.2, 0.25) is 0 Å². The second-order valence-corrected chi connectivity index (χ2v) is 6.79. The zero-order chi connectivity index (χ0) is 13.1. The van der Waals surface area contributed by atoms with Crippen molar-refractivity contribution in [3.8, 4) is 0 Å². The first-order chi connectivity index (χ1) is 9.30. The van der Waals surface area contributed by atoms with Gasteiger partial charge >= 0.3 is 0 Å². The van der Waals surface area contributed by atoms with Gasteiger partial charge < -0.3 is 15.2 Å². The number of nitrogens with two attached hydrogens (primary N) is 1. The zero-order valence-corrected chi connectivity index (χ0v) is 12.0. The molecular weight excluding hydrogens is 258 g/mol. The summed E-state index contributed by atoms with van der Waals surface area (Å²) in [5, 5.41) is 0.628. The highest BCUT2D eigenvalue weighted by atomic mass is 32.2. The second kappa shape index (κ2) is 5.83. The van der Waals surface area contributed by atoms with Crippen LogP contribution in [0.5, 0.6) is 0 Å². The van der Waals surface area contributed by atoms with E-state index in [9.17, 15) is 0 Å². The van der Waals surface area contributed by atoms with Crippen molar-refractivity contribution in [2.45, 2.75) is 41.6 Å². The van der Waals surface area contributed by atoms with Crippen molar-refractivity contribution < 1.29 is 9.47 Å². The van der Waals surface area contributed by atoms with Crippen molar-refractivity contribution in [2.24, 2.45) is 5.73 Å². The van der Waals surface area contributed by atoms with Crippen molar-refractivity contribution in [3.63, 3.8) is 0 Å². The summed E-state index contributed by atoms with van der Waals surface area (Å²) in [6.07, 6.45) is 3.27. The van der Waals surface area contributed by atoms with Gasteiger partial charge in [-0.3, -0.25) is 0 Å². The van der Waals surface area contributed by atoms with Crippen LogP contribution < -0.4 is 5.73 Å². The zero-order valence-electron chi connectivity index (χ0n) is 11.1. The van der Waals surface area contributed by atoms with Crippen LogP contribution in [0, 0.1) is 0 Å². The number of hydrogen-bond donors (Lipinski definition) is 1. The Morgan fingerprint density at radius 2 is 2.32 bits per heavy atom. The van der Waals surface area contributed by atoms with Crippen LogP contribution in [0.15, 0.2) is 29.2 Å². The molecule has 1 spiro atoms. The minimum absolute atomic E-state index is 0.00138. The minimum atomic E-state index is 0.00138. The van der Waals surface area contributed by atoms with Gasteiger partial charge in [-0.25, -0.2) is 0 Å². The van der Waals surface area contributed by atoms with Crippen LogP contribution in [-0.2, 0) is 16.0 Å². The maximum atomic E-state index is 5.98. The van der Waals surface area contributed by atoms with Crippen LogP contribution in [0.2, 0.25) is 0 Å². The molecule has 0 bridgehead atoms. The van der Waals surface area contributed by atoms with Crippen LogP contribution in [0.3, 0.4) is 0 Å². The van der Waals surface area contributed by atoms with Gasteiger partial charge in [-0.2, -0.15) is 0 Å². The fourth-order valence-corrected chi connectivity index (χ4v) is 4.25. The quantitative estimate of drug-likeness (QED) is 0.923. The molecule has 2 fully saturated rings. The molecule has 1 aromatic rings. The second-order valence-electron chi connectivity index (χ2n) is 5.42. The van der Waals surface area contributed by atoms with E-state index in [1.165, 1.54) is 10.5 Å². The number of ether oxygens (including phenoxy) is 2. The van der Waals surface area contributed by atoms with Gasteiger partial charge in [0, 0.05) is 36.3 Å². The largest absolute Gasteiger partial charge is 0.378 e. The summed E-state index contributed by atoms with van der Waals surface area (Å²) in [5.41, 5.74) is 6.91. The van der Waals surface area contributed by atoms with Crippen molar-refractivity contribution >= 4 is 11.8 Å². The first-order valence-corrected chi connectivity index (χ1v) is 7.85. The number of hydrogen-bond acceptors (Lipinski definition) is 4. The van der Waals surface area contributed by atoms with Crippen molar-refractivity contribution in [3.05, 3.63) is 29.8 Å². The Balaban J connectivity index is 1.65. The fourth-order valence-electron chi connectivity index (χ4n) is 2.88. The Bertz CT molecular complexity index is 432. The minimum Gasteiger partial charge on any atom is -0.378 e. The molecule has 2 saturated heterocycles. The van der Waals surface area contributed by atoms with Crippen LogP contribution in [0.4, 0.5) is 0 Å².